The van der Waals surface area contributed by atoms with Gasteiger partial charge in [-0.05, 0) is 11.6 Å². The van der Waals surface area contributed by atoms with Crippen LogP contribution in [0.4, 0.5) is 0 Å². The largest absolute Gasteiger partial charge is 0.394 e. The summed E-state index contributed by atoms with van der Waals surface area (Å²) in [5.41, 5.74) is 1.17. The highest BCUT2D eigenvalue weighted by Crippen LogP contribution is 2.34. The summed E-state index contributed by atoms with van der Waals surface area (Å²) in [4.78, 5) is 0. The minimum absolute atomic E-state index is 0.0153. The van der Waals surface area contributed by atoms with Gasteiger partial charge < -0.3 is 14.6 Å². The molecule has 1 aliphatic rings. The van der Waals surface area contributed by atoms with Gasteiger partial charge in [-0.2, -0.15) is 0 Å². The van der Waals surface area contributed by atoms with Crippen LogP contribution >= 0.6 is 0 Å². The molecular weight excluding hydrogens is 268 g/mol. The fraction of sp³-hybridized carbons (Fsp3) is 0.625. The van der Waals surface area contributed by atoms with Crippen molar-refractivity contribution in [2.45, 2.75) is 50.4 Å². The summed E-state index contributed by atoms with van der Waals surface area (Å²) in [5.74, 6) is 0. The van der Waals surface area contributed by atoms with Crippen LogP contribution in [0, 0.1) is 0 Å². The molecule has 0 saturated carbocycles. The molecule has 20 heavy (non-hydrogen) atoms. The van der Waals surface area contributed by atoms with Crippen LogP contribution < -0.4 is 0 Å². The zero-order chi connectivity index (χ0) is 14.6. The predicted octanol–water partition coefficient (Wildman–Crippen LogP) is 3.23. The van der Waals surface area contributed by atoms with Crippen LogP contribution in [0.15, 0.2) is 30.3 Å². The first-order chi connectivity index (χ1) is 9.49. The fourth-order valence-electron chi connectivity index (χ4n) is 2.45. The molecule has 1 aromatic carbocycles. The molecule has 1 N–H and O–H groups in total. The quantitative estimate of drug-likeness (QED) is 0.819. The molecule has 0 amide bonds. The number of aliphatic hydroxyl groups excluding tert-OH is 1. The molecule has 1 heterocycles. The van der Waals surface area contributed by atoms with E-state index >= 15 is 0 Å². The number of rotatable bonds is 6. The number of hydrogen-bond donors (Lipinski definition) is 1. The Morgan fingerprint density at radius 3 is 2.55 bits per heavy atom. The number of ether oxygens (including phenoxy) is 2. The van der Waals surface area contributed by atoms with E-state index in [2.05, 4.69) is 31.8 Å². The van der Waals surface area contributed by atoms with Gasteiger partial charge >= 0.3 is 0 Å². The molecule has 1 aliphatic heterocycles. The van der Waals surface area contributed by atoms with E-state index in [0.29, 0.717) is 0 Å². The highest BCUT2D eigenvalue weighted by Gasteiger charge is 2.36. The first-order valence-electron chi connectivity index (χ1n) is 7.42. The van der Waals surface area contributed by atoms with Crippen LogP contribution in [0.1, 0.15) is 18.1 Å². The van der Waals surface area contributed by atoms with Gasteiger partial charge in [0.05, 0.1) is 18.8 Å². The molecule has 0 radical (unpaired) electrons. The Hall–Kier alpha value is -0.683. The highest BCUT2D eigenvalue weighted by atomic mass is 28.3. The number of aliphatic hydroxyl groups is 1. The summed E-state index contributed by atoms with van der Waals surface area (Å²) in [7, 11) is -1.07. The second kappa shape index (κ2) is 6.85. The van der Waals surface area contributed by atoms with Crippen LogP contribution in [-0.2, 0) is 9.47 Å². The molecule has 1 saturated heterocycles. The van der Waals surface area contributed by atoms with Crippen molar-refractivity contribution in [1.82, 2.24) is 0 Å². The van der Waals surface area contributed by atoms with E-state index in [9.17, 15) is 5.11 Å². The second-order valence-electron chi connectivity index (χ2n) is 6.71. The van der Waals surface area contributed by atoms with Gasteiger partial charge in [0.1, 0.15) is 6.10 Å². The van der Waals surface area contributed by atoms with Crippen molar-refractivity contribution in [2.24, 2.45) is 0 Å². The van der Waals surface area contributed by atoms with Crippen LogP contribution in [0.5, 0.6) is 0 Å². The van der Waals surface area contributed by atoms with Gasteiger partial charge in [0, 0.05) is 21.1 Å². The SMILES string of the molecule is C[Si](C)(C)CCO[C@@H]1C[C@@H](c2ccccc2)O[C@H]1CO. The number of benzene rings is 1. The molecule has 3 atom stereocenters. The second-order valence-corrected chi connectivity index (χ2v) is 12.3. The Bertz CT molecular complexity index is 402. The first-order valence-corrected chi connectivity index (χ1v) is 11.1. The van der Waals surface area contributed by atoms with Crippen LogP contribution in [0.2, 0.25) is 25.7 Å². The van der Waals surface area contributed by atoms with Crippen molar-refractivity contribution < 1.29 is 14.6 Å². The lowest BCUT2D eigenvalue weighted by Crippen LogP contribution is -2.30. The topological polar surface area (TPSA) is 38.7 Å². The molecular formula is C16H26O3Si. The Morgan fingerprint density at radius 2 is 1.95 bits per heavy atom. The molecule has 1 aromatic rings. The lowest BCUT2D eigenvalue weighted by Gasteiger charge is -2.20. The van der Waals surface area contributed by atoms with E-state index in [0.717, 1.165) is 19.1 Å². The Balaban J connectivity index is 1.90. The third-order valence-corrected chi connectivity index (χ3v) is 5.44. The summed E-state index contributed by atoms with van der Waals surface area (Å²) in [6, 6.07) is 11.3. The maximum atomic E-state index is 9.46. The van der Waals surface area contributed by atoms with Crippen LogP contribution in [-0.4, -0.2) is 38.6 Å². The Morgan fingerprint density at radius 1 is 1.25 bits per heavy atom. The van der Waals surface area contributed by atoms with Crippen LogP contribution in [0.3, 0.4) is 0 Å². The minimum Gasteiger partial charge on any atom is -0.394 e. The smallest absolute Gasteiger partial charge is 0.108 e. The zero-order valence-electron chi connectivity index (χ0n) is 12.7. The predicted molar refractivity (Wildman–Crippen MR) is 83.7 cm³/mol. The normalized spacial score (nSPS) is 26.9. The van der Waals surface area contributed by atoms with Gasteiger partial charge in [0.25, 0.3) is 0 Å². The molecule has 112 valence electrons. The zero-order valence-corrected chi connectivity index (χ0v) is 13.7. The molecule has 0 aromatic heterocycles. The molecule has 1 fully saturated rings. The van der Waals surface area contributed by atoms with Crippen molar-refractivity contribution in [1.29, 1.82) is 0 Å². The average molecular weight is 294 g/mol. The molecule has 2 rings (SSSR count). The molecule has 0 bridgehead atoms. The lowest BCUT2D eigenvalue weighted by atomic mass is 10.0. The number of hydrogen-bond acceptors (Lipinski definition) is 3. The van der Waals surface area contributed by atoms with Gasteiger partial charge in [0.15, 0.2) is 0 Å². The van der Waals surface area contributed by atoms with E-state index in [1.807, 2.05) is 18.2 Å². The monoisotopic (exact) mass is 294 g/mol. The molecule has 0 aliphatic carbocycles. The summed E-state index contributed by atoms with van der Waals surface area (Å²) >= 11 is 0. The third kappa shape index (κ3) is 4.41. The Labute approximate surface area is 122 Å². The maximum Gasteiger partial charge on any atom is 0.108 e. The highest BCUT2D eigenvalue weighted by molar-refractivity contribution is 6.76. The maximum absolute atomic E-state index is 9.46. The summed E-state index contributed by atoms with van der Waals surface area (Å²) in [5, 5.41) is 9.46. The van der Waals surface area contributed by atoms with Crippen molar-refractivity contribution in [3.8, 4) is 0 Å². The van der Waals surface area contributed by atoms with E-state index in [1.54, 1.807) is 0 Å². The summed E-state index contributed by atoms with van der Waals surface area (Å²) in [6.07, 6.45) is 0.703. The first kappa shape index (κ1) is 15.7. The van der Waals surface area contributed by atoms with Gasteiger partial charge in [-0.15, -0.1) is 0 Å². The van der Waals surface area contributed by atoms with Gasteiger partial charge in [-0.3, -0.25) is 0 Å². The molecule has 4 heteroatoms. The average Bonchev–Trinajstić information content (AvgIpc) is 2.82. The van der Waals surface area contributed by atoms with E-state index < -0.39 is 8.07 Å². The van der Waals surface area contributed by atoms with E-state index in [4.69, 9.17) is 9.47 Å². The van der Waals surface area contributed by atoms with E-state index in [-0.39, 0.29) is 24.9 Å². The fourth-order valence-corrected chi connectivity index (χ4v) is 3.18. The van der Waals surface area contributed by atoms with E-state index in [1.165, 1.54) is 5.56 Å². The van der Waals surface area contributed by atoms with Gasteiger partial charge in [-0.25, -0.2) is 0 Å². The van der Waals surface area contributed by atoms with Crippen LogP contribution in [0.25, 0.3) is 0 Å². The summed E-state index contributed by atoms with van der Waals surface area (Å²) in [6.45, 7) is 7.84. The minimum atomic E-state index is -1.07. The standard InChI is InChI=1S/C16H26O3Si/c1-20(2,3)10-9-18-15-11-14(19-16(15)12-17)13-7-5-4-6-8-13/h4-8,14-17H,9-12H2,1-3H3/t14-,15+,16-/m0/s1. The van der Waals surface area contributed by atoms with Crippen molar-refractivity contribution in [3.05, 3.63) is 35.9 Å². The molecule has 0 spiro atoms. The third-order valence-electron chi connectivity index (χ3n) is 3.74. The van der Waals surface area contributed by atoms with Crippen molar-refractivity contribution in [2.75, 3.05) is 13.2 Å². The van der Waals surface area contributed by atoms with Crippen molar-refractivity contribution >= 4 is 8.07 Å². The van der Waals surface area contributed by atoms with Gasteiger partial charge in [0.2, 0.25) is 0 Å². The lowest BCUT2D eigenvalue weighted by molar-refractivity contribution is -0.0448. The molecule has 0 unspecified atom stereocenters. The van der Waals surface area contributed by atoms with Gasteiger partial charge in [-0.1, -0.05) is 50.0 Å². The molecule has 3 nitrogen and oxygen atoms in total. The van der Waals surface area contributed by atoms with Crippen molar-refractivity contribution in [3.63, 3.8) is 0 Å². The Kier molecular flexibility index (Phi) is 5.38. The summed E-state index contributed by atoms with van der Waals surface area (Å²) < 4.78 is 11.9.